The van der Waals surface area contributed by atoms with Gasteiger partial charge in [0.2, 0.25) is 5.91 Å². The van der Waals surface area contributed by atoms with Gasteiger partial charge in [0.05, 0.1) is 17.1 Å². The van der Waals surface area contributed by atoms with Gasteiger partial charge in [0, 0.05) is 11.1 Å². The van der Waals surface area contributed by atoms with E-state index in [4.69, 9.17) is 11.5 Å². The smallest absolute Gasteiger partial charge is 0.230 e. The van der Waals surface area contributed by atoms with Crippen molar-refractivity contribution in [2.24, 2.45) is 5.73 Å². The fraction of sp³-hybridized carbons (Fsp3) is 0.333. The summed E-state index contributed by atoms with van der Waals surface area (Å²) in [6.45, 7) is 1.92. The fourth-order valence-electron chi connectivity index (χ4n) is 0.997. The van der Waals surface area contributed by atoms with Crippen LogP contribution >= 0.6 is 11.8 Å². The van der Waals surface area contributed by atoms with Crippen molar-refractivity contribution in [3.05, 3.63) is 18.5 Å². The minimum atomic E-state index is -0.311. The molecule has 0 saturated carbocycles. The summed E-state index contributed by atoms with van der Waals surface area (Å²) >= 11 is 1.38. The number of carbonyl (C=O) groups excluding carboxylic acids is 1. The number of carbonyl (C=O) groups is 1. The second-order valence-electron chi connectivity index (χ2n) is 2.83. The molecule has 4 nitrogen and oxygen atoms in total. The molecule has 0 aromatic carbocycles. The van der Waals surface area contributed by atoms with Crippen molar-refractivity contribution in [1.29, 1.82) is 0 Å². The number of hydrogen-bond donors (Lipinski definition) is 2. The Kier molecular flexibility index (Phi) is 3.76. The highest BCUT2D eigenvalue weighted by Gasteiger charge is 2.15. The third kappa shape index (κ3) is 2.63. The Labute approximate surface area is 87.1 Å². The molecule has 0 aliphatic carbocycles. The summed E-state index contributed by atoms with van der Waals surface area (Å²) in [5.41, 5.74) is 11.5. The predicted molar refractivity (Wildman–Crippen MR) is 57.8 cm³/mol. The molecule has 1 atom stereocenters. The zero-order valence-corrected chi connectivity index (χ0v) is 8.75. The van der Waals surface area contributed by atoms with E-state index in [2.05, 4.69) is 4.98 Å². The minimum Gasteiger partial charge on any atom is -0.397 e. The molecule has 1 rings (SSSR count). The van der Waals surface area contributed by atoms with Crippen LogP contribution in [0, 0.1) is 0 Å². The topological polar surface area (TPSA) is 82.0 Å². The molecule has 0 saturated heterocycles. The van der Waals surface area contributed by atoms with Crippen LogP contribution in [0.25, 0.3) is 0 Å². The van der Waals surface area contributed by atoms with Crippen molar-refractivity contribution in [2.75, 3.05) is 5.73 Å². The third-order valence-electron chi connectivity index (χ3n) is 1.77. The highest BCUT2D eigenvalue weighted by molar-refractivity contribution is 8.00. The highest BCUT2D eigenvalue weighted by Crippen LogP contribution is 2.28. The van der Waals surface area contributed by atoms with Crippen molar-refractivity contribution in [2.45, 2.75) is 23.5 Å². The van der Waals surface area contributed by atoms with Gasteiger partial charge in [-0.15, -0.1) is 11.8 Å². The van der Waals surface area contributed by atoms with Crippen molar-refractivity contribution in [3.8, 4) is 0 Å². The van der Waals surface area contributed by atoms with Gasteiger partial charge in [0.25, 0.3) is 0 Å². The Morgan fingerprint density at radius 2 is 2.43 bits per heavy atom. The number of hydrogen-bond acceptors (Lipinski definition) is 4. The lowest BCUT2D eigenvalue weighted by atomic mass is 10.3. The average molecular weight is 211 g/mol. The Balaban J connectivity index is 2.77. The molecule has 1 amide bonds. The van der Waals surface area contributed by atoms with E-state index in [1.54, 1.807) is 18.5 Å². The molecule has 0 fully saturated rings. The Hall–Kier alpha value is -1.23. The van der Waals surface area contributed by atoms with E-state index in [0.29, 0.717) is 12.1 Å². The molecule has 1 unspecified atom stereocenters. The maximum Gasteiger partial charge on any atom is 0.230 e. The second kappa shape index (κ2) is 4.85. The van der Waals surface area contributed by atoms with Crippen LogP contribution in [0.2, 0.25) is 0 Å². The lowest BCUT2D eigenvalue weighted by molar-refractivity contribution is -0.117. The molecule has 5 heteroatoms. The molecule has 76 valence electrons. The molecule has 1 heterocycles. The van der Waals surface area contributed by atoms with E-state index in [-0.39, 0.29) is 11.2 Å². The summed E-state index contributed by atoms with van der Waals surface area (Å²) in [6.07, 6.45) is 3.91. The van der Waals surface area contributed by atoms with Gasteiger partial charge >= 0.3 is 0 Å². The van der Waals surface area contributed by atoms with Gasteiger partial charge in [0.1, 0.15) is 0 Å². The number of anilines is 1. The maximum atomic E-state index is 11.0. The van der Waals surface area contributed by atoms with Gasteiger partial charge in [-0.3, -0.25) is 9.78 Å². The summed E-state index contributed by atoms with van der Waals surface area (Å²) in [7, 11) is 0. The highest BCUT2D eigenvalue weighted by atomic mass is 32.2. The standard InChI is InChI=1S/C9H13N3OS/c1-2-7(9(11)13)14-8-3-4-12-5-6(8)10/h3-5,7H,2,10H2,1H3,(H2,11,13). The third-order valence-corrected chi connectivity index (χ3v) is 3.24. The van der Waals surface area contributed by atoms with E-state index in [0.717, 1.165) is 4.90 Å². The molecule has 0 aliphatic heterocycles. The lowest BCUT2D eigenvalue weighted by Crippen LogP contribution is -2.24. The number of primary amides is 1. The molecule has 14 heavy (non-hydrogen) atoms. The molecule has 0 bridgehead atoms. The summed E-state index contributed by atoms with van der Waals surface area (Å²) < 4.78 is 0. The molecule has 0 spiro atoms. The number of nitrogens with two attached hydrogens (primary N) is 2. The van der Waals surface area contributed by atoms with Crippen LogP contribution in [0.4, 0.5) is 5.69 Å². The van der Waals surface area contributed by atoms with E-state index in [9.17, 15) is 4.79 Å². The summed E-state index contributed by atoms with van der Waals surface area (Å²) in [5.74, 6) is -0.311. The number of rotatable bonds is 4. The van der Waals surface area contributed by atoms with Gasteiger partial charge in [0.15, 0.2) is 0 Å². The fourth-order valence-corrected chi connectivity index (χ4v) is 1.91. The van der Waals surface area contributed by atoms with E-state index in [1.165, 1.54) is 11.8 Å². The largest absolute Gasteiger partial charge is 0.397 e. The Morgan fingerprint density at radius 3 is 2.93 bits per heavy atom. The Bertz CT molecular complexity index is 330. The van der Waals surface area contributed by atoms with Crippen LogP contribution in [-0.4, -0.2) is 16.1 Å². The van der Waals surface area contributed by atoms with Gasteiger partial charge < -0.3 is 11.5 Å². The van der Waals surface area contributed by atoms with Crippen LogP contribution < -0.4 is 11.5 Å². The first-order valence-corrected chi connectivity index (χ1v) is 5.18. The van der Waals surface area contributed by atoms with Crippen molar-refractivity contribution < 1.29 is 4.79 Å². The van der Waals surface area contributed by atoms with E-state index >= 15 is 0 Å². The number of nitrogens with zero attached hydrogens (tertiary/aromatic N) is 1. The van der Waals surface area contributed by atoms with Crippen LogP contribution in [0.5, 0.6) is 0 Å². The molecular formula is C9H13N3OS. The van der Waals surface area contributed by atoms with Crippen LogP contribution in [0.3, 0.4) is 0 Å². The zero-order valence-electron chi connectivity index (χ0n) is 7.93. The number of nitrogen functional groups attached to an aromatic ring is 1. The second-order valence-corrected chi connectivity index (χ2v) is 4.08. The Morgan fingerprint density at radius 1 is 1.71 bits per heavy atom. The maximum absolute atomic E-state index is 11.0. The lowest BCUT2D eigenvalue weighted by Gasteiger charge is -2.11. The van der Waals surface area contributed by atoms with Crippen LogP contribution in [-0.2, 0) is 4.79 Å². The first-order chi connectivity index (χ1) is 6.65. The first-order valence-electron chi connectivity index (χ1n) is 4.30. The molecule has 0 radical (unpaired) electrons. The monoisotopic (exact) mass is 211 g/mol. The van der Waals surface area contributed by atoms with Crippen molar-refractivity contribution in [1.82, 2.24) is 4.98 Å². The first kappa shape index (κ1) is 10.8. The number of thioether (sulfide) groups is 1. The summed E-state index contributed by atoms with van der Waals surface area (Å²) in [6, 6.07) is 1.78. The van der Waals surface area contributed by atoms with Crippen molar-refractivity contribution >= 4 is 23.4 Å². The van der Waals surface area contributed by atoms with Crippen LogP contribution in [0.15, 0.2) is 23.4 Å². The SMILES string of the molecule is CCC(Sc1ccncc1N)C(N)=O. The number of pyridine rings is 1. The predicted octanol–water partition coefficient (Wildman–Crippen LogP) is 1.02. The van der Waals surface area contributed by atoms with E-state index < -0.39 is 0 Å². The average Bonchev–Trinajstić information content (AvgIpc) is 2.16. The van der Waals surface area contributed by atoms with E-state index in [1.807, 2.05) is 6.92 Å². The zero-order chi connectivity index (χ0) is 10.6. The number of amides is 1. The quantitative estimate of drug-likeness (QED) is 0.728. The van der Waals surface area contributed by atoms with Gasteiger partial charge in [-0.25, -0.2) is 0 Å². The molecule has 0 aliphatic rings. The van der Waals surface area contributed by atoms with Gasteiger partial charge in [-0.1, -0.05) is 6.92 Å². The normalized spacial score (nSPS) is 12.4. The number of aromatic nitrogens is 1. The molecule has 4 N–H and O–H groups in total. The molecular weight excluding hydrogens is 198 g/mol. The summed E-state index contributed by atoms with van der Waals surface area (Å²) in [4.78, 5) is 15.7. The van der Waals surface area contributed by atoms with Crippen LogP contribution in [0.1, 0.15) is 13.3 Å². The minimum absolute atomic E-state index is 0.223. The van der Waals surface area contributed by atoms with Gasteiger partial charge in [-0.2, -0.15) is 0 Å². The molecule has 1 aromatic heterocycles. The summed E-state index contributed by atoms with van der Waals surface area (Å²) in [5, 5.41) is -0.223. The van der Waals surface area contributed by atoms with Crippen molar-refractivity contribution in [3.63, 3.8) is 0 Å². The van der Waals surface area contributed by atoms with Gasteiger partial charge in [-0.05, 0) is 12.5 Å². The molecule has 1 aromatic rings.